The van der Waals surface area contributed by atoms with E-state index in [1.165, 1.54) is 12.1 Å². The minimum absolute atomic E-state index is 0.0613. The summed E-state index contributed by atoms with van der Waals surface area (Å²) in [6.07, 6.45) is 0. The maximum absolute atomic E-state index is 13.4. The van der Waals surface area contributed by atoms with Crippen molar-refractivity contribution in [2.75, 3.05) is 6.54 Å². The summed E-state index contributed by atoms with van der Waals surface area (Å²) in [6.45, 7) is 3.49. The number of hydrogen-bond acceptors (Lipinski definition) is 2. The van der Waals surface area contributed by atoms with Crippen LogP contribution in [-0.2, 0) is 11.3 Å². The molecule has 0 heterocycles. The minimum atomic E-state index is -0.990. The van der Waals surface area contributed by atoms with E-state index >= 15 is 0 Å². The maximum Gasteiger partial charge on any atom is 0.317 e. The Morgan fingerprint density at radius 2 is 2.06 bits per heavy atom. The van der Waals surface area contributed by atoms with E-state index in [0.717, 1.165) is 6.07 Å². The summed E-state index contributed by atoms with van der Waals surface area (Å²) in [6, 6.07) is 3.84. The third kappa shape index (κ3) is 3.78. The monoisotopic (exact) mass is 243 g/mol. The number of carbonyl (C=O) groups is 1. The molecule has 0 amide bonds. The second-order valence-corrected chi connectivity index (χ2v) is 4.11. The van der Waals surface area contributed by atoms with Crippen LogP contribution < -0.4 is 0 Å². The molecule has 0 unspecified atom stereocenters. The molecule has 0 aliphatic carbocycles. The lowest BCUT2D eigenvalue weighted by atomic mass is 10.1. The average molecular weight is 243 g/mol. The fraction of sp³-hybridized carbons (Fsp3) is 0.417. The molecule has 1 rings (SSSR count). The molecule has 17 heavy (non-hydrogen) atoms. The molecule has 94 valence electrons. The van der Waals surface area contributed by atoms with E-state index in [0.29, 0.717) is 0 Å². The molecule has 0 radical (unpaired) electrons. The summed E-state index contributed by atoms with van der Waals surface area (Å²) in [5.41, 5.74) is 0.167. The maximum atomic E-state index is 13.4. The molecule has 0 saturated carbocycles. The van der Waals surface area contributed by atoms with Crippen molar-refractivity contribution in [1.82, 2.24) is 4.90 Å². The highest BCUT2D eigenvalue weighted by atomic mass is 19.2. The van der Waals surface area contributed by atoms with Gasteiger partial charge in [0.15, 0.2) is 11.6 Å². The SMILES string of the molecule is CC(C)N(CC(=O)O)Cc1cccc(F)c1F. The summed E-state index contributed by atoms with van der Waals surface area (Å²) in [5, 5.41) is 8.73. The van der Waals surface area contributed by atoms with E-state index in [9.17, 15) is 13.6 Å². The molecule has 5 heteroatoms. The molecule has 1 aromatic rings. The predicted molar refractivity (Wildman–Crippen MR) is 59.5 cm³/mol. The van der Waals surface area contributed by atoms with Gasteiger partial charge < -0.3 is 5.11 Å². The number of rotatable bonds is 5. The Bertz CT molecular complexity index is 407. The zero-order chi connectivity index (χ0) is 13.0. The summed E-state index contributed by atoms with van der Waals surface area (Å²) < 4.78 is 26.4. The highest BCUT2D eigenvalue weighted by Gasteiger charge is 2.16. The number of benzene rings is 1. The van der Waals surface area contributed by atoms with Gasteiger partial charge in [0.1, 0.15) is 0 Å². The molecule has 0 saturated heterocycles. The van der Waals surface area contributed by atoms with Crippen molar-refractivity contribution in [1.29, 1.82) is 0 Å². The molecule has 0 aliphatic heterocycles. The first-order valence-corrected chi connectivity index (χ1v) is 5.30. The van der Waals surface area contributed by atoms with Crippen LogP contribution in [0.3, 0.4) is 0 Å². The number of aliphatic carboxylic acids is 1. The van der Waals surface area contributed by atoms with Crippen molar-refractivity contribution in [3.63, 3.8) is 0 Å². The van der Waals surface area contributed by atoms with E-state index in [-0.39, 0.29) is 24.7 Å². The van der Waals surface area contributed by atoms with Crippen molar-refractivity contribution in [2.24, 2.45) is 0 Å². The zero-order valence-corrected chi connectivity index (χ0v) is 9.78. The van der Waals surface area contributed by atoms with Crippen LogP contribution in [0.1, 0.15) is 19.4 Å². The highest BCUT2D eigenvalue weighted by molar-refractivity contribution is 5.69. The van der Waals surface area contributed by atoms with Crippen LogP contribution in [0.15, 0.2) is 18.2 Å². The van der Waals surface area contributed by atoms with E-state index in [1.54, 1.807) is 18.7 Å². The lowest BCUT2D eigenvalue weighted by Crippen LogP contribution is -2.35. The third-order valence-electron chi connectivity index (χ3n) is 2.47. The van der Waals surface area contributed by atoms with Crippen LogP contribution in [-0.4, -0.2) is 28.6 Å². The highest BCUT2D eigenvalue weighted by Crippen LogP contribution is 2.15. The Hall–Kier alpha value is -1.49. The topological polar surface area (TPSA) is 40.5 Å². The molecule has 3 nitrogen and oxygen atoms in total. The number of hydrogen-bond donors (Lipinski definition) is 1. The summed E-state index contributed by atoms with van der Waals surface area (Å²) >= 11 is 0. The number of nitrogens with zero attached hydrogens (tertiary/aromatic N) is 1. The lowest BCUT2D eigenvalue weighted by molar-refractivity contribution is -0.139. The molecular weight excluding hydrogens is 228 g/mol. The fourth-order valence-corrected chi connectivity index (χ4v) is 1.48. The van der Waals surface area contributed by atoms with Crippen molar-refractivity contribution in [3.05, 3.63) is 35.4 Å². The molecule has 0 bridgehead atoms. The Labute approximate surface area is 98.7 Å². The summed E-state index contributed by atoms with van der Waals surface area (Å²) in [4.78, 5) is 12.2. The second kappa shape index (κ2) is 5.72. The van der Waals surface area contributed by atoms with Gasteiger partial charge in [-0.3, -0.25) is 9.69 Å². The van der Waals surface area contributed by atoms with Crippen LogP contribution in [0.4, 0.5) is 8.78 Å². The Balaban J connectivity index is 2.86. The van der Waals surface area contributed by atoms with Crippen LogP contribution in [0.2, 0.25) is 0 Å². The van der Waals surface area contributed by atoms with Crippen molar-refractivity contribution >= 4 is 5.97 Å². The van der Waals surface area contributed by atoms with Crippen LogP contribution >= 0.6 is 0 Å². The van der Waals surface area contributed by atoms with Gasteiger partial charge >= 0.3 is 5.97 Å². The summed E-state index contributed by atoms with van der Waals surface area (Å²) in [5.74, 6) is -2.82. The quantitative estimate of drug-likeness (QED) is 0.862. The molecule has 0 atom stereocenters. The predicted octanol–water partition coefficient (Wildman–Crippen LogP) is 2.26. The summed E-state index contributed by atoms with van der Waals surface area (Å²) in [7, 11) is 0. The Kier molecular flexibility index (Phi) is 4.57. The molecule has 0 aliphatic rings. The van der Waals surface area contributed by atoms with Crippen molar-refractivity contribution in [2.45, 2.75) is 26.4 Å². The van der Waals surface area contributed by atoms with Gasteiger partial charge in [-0.1, -0.05) is 12.1 Å². The average Bonchev–Trinajstić information content (AvgIpc) is 2.22. The van der Waals surface area contributed by atoms with Gasteiger partial charge in [-0.05, 0) is 19.9 Å². The van der Waals surface area contributed by atoms with Crippen LogP contribution in [0.25, 0.3) is 0 Å². The molecule has 0 spiro atoms. The van der Waals surface area contributed by atoms with Gasteiger partial charge in [0, 0.05) is 18.2 Å². The standard InChI is InChI=1S/C12H15F2NO2/c1-8(2)15(7-11(16)17)6-9-4-3-5-10(13)12(9)14/h3-5,8H,6-7H2,1-2H3,(H,16,17). The van der Waals surface area contributed by atoms with E-state index < -0.39 is 17.6 Å². The van der Waals surface area contributed by atoms with Crippen molar-refractivity contribution in [3.8, 4) is 0 Å². The molecular formula is C12H15F2NO2. The normalized spacial score (nSPS) is 11.2. The lowest BCUT2D eigenvalue weighted by Gasteiger charge is -2.24. The Morgan fingerprint density at radius 3 is 2.59 bits per heavy atom. The largest absolute Gasteiger partial charge is 0.480 e. The van der Waals surface area contributed by atoms with E-state index in [2.05, 4.69) is 0 Å². The van der Waals surface area contributed by atoms with E-state index in [1.807, 2.05) is 0 Å². The van der Waals surface area contributed by atoms with Gasteiger partial charge in [0.25, 0.3) is 0 Å². The van der Waals surface area contributed by atoms with Crippen LogP contribution in [0.5, 0.6) is 0 Å². The molecule has 1 N–H and O–H groups in total. The number of carboxylic acid groups (broad SMARTS) is 1. The minimum Gasteiger partial charge on any atom is -0.480 e. The van der Waals surface area contributed by atoms with Gasteiger partial charge in [-0.25, -0.2) is 8.78 Å². The molecule has 0 fully saturated rings. The number of halogens is 2. The van der Waals surface area contributed by atoms with Crippen LogP contribution in [0, 0.1) is 11.6 Å². The molecule has 0 aromatic heterocycles. The first-order valence-electron chi connectivity index (χ1n) is 5.30. The first kappa shape index (κ1) is 13.6. The third-order valence-corrected chi connectivity index (χ3v) is 2.47. The van der Waals surface area contributed by atoms with Gasteiger partial charge in [-0.15, -0.1) is 0 Å². The van der Waals surface area contributed by atoms with Gasteiger partial charge in [0.05, 0.1) is 6.54 Å². The van der Waals surface area contributed by atoms with Crippen molar-refractivity contribution < 1.29 is 18.7 Å². The van der Waals surface area contributed by atoms with E-state index in [4.69, 9.17) is 5.11 Å². The molecule has 1 aromatic carbocycles. The number of carboxylic acids is 1. The van der Waals surface area contributed by atoms with Gasteiger partial charge in [0.2, 0.25) is 0 Å². The Morgan fingerprint density at radius 1 is 1.41 bits per heavy atom. The smallest absolute Gasteiger partial charge is 0.317 e. The van der Waals surface area contributed by atoms with Gasteiger partial charge in [-0.2, -0.15) is 0 Å². The first-order chi connectivity index (χ1) is 7.91. The fourth-order valence-electron chi connectivity index (χ4n) is 1.48. The second-order valence-electron chi connectivity index (χ2n) is 4.11. The zero-order valence-electron chi connectivity index (χ0n) is 9.78.